The standard InChI is InChI=1S/C21H22O4/c1-4-16-11-12-17-18(14(3)19(25-17)21(22)23-5-2)20(16)24-13-15-9-7-6-8-10-15/h6-12H,4-5,13H2,1-3H3. The van der Waals surface area contributed by atoms with Crippen molar-refractivity contribution >= 4 is 16.9 Å². The van der Waals surface area contributed by atoms with Crippen molar-refractivity contribution in [2.45, 2.75) is 33.8 Å². The molecule has 0 bridgehead atoms. The number of hydrogen-bond donors (Lipinski definition) is 0. The molecule has 0 radical (unpaired) electrons. The first-order chi connectivity index (χ1) is 12.2. The number of carbonyl (C=O) groups is 1. The van der Waals surface area contributed by atoms with Crippen molar-refractivity contribution in [1.29, 1.82) is 0 Å². The fourth-order valence-corrected chi connectivity index (χ4v) is 2.91. The summed E-state index contributed by atoms with van der Waals surface area (Å²) in [5, 5.41) is 0.846. The molecule has 25 heavy (non-hydrogen) atoms. The van der Waals surface area contributed by atoms with E-state index in [0.29, 0.717) is 18.8 Å². The highest BCUT2D eigenvalue weighted by Gasteiger charge is 2.22. The molecule has 0 fully saturated rings. The predicted molar refractivity (Wildman–Crippen MR) is 97.1 cm³/mol. The lowest BCUT2D eigenvalue weighted by molar-refractivity contribution is 0.0491. The second-order valence-corrected chi connectivity index (χ2v) is 5.83. The molecule has 1 heterocycles. The van der Waals surface area contributed by atoms with Gasteiger partial charge in [-0.1, -0.05) is 43.3 Å². The van der Waals surface area contributed by atoms with Gasteiger partial charge in [0.25, 0.3) is 0 Å². The average molecular weight is 338 g/mol. The SMILES string of the molecule is CCOC(=O)c1oc2ccc(CC)c(OCc3ccccc3)c2c1C. The van der Waals surface area contributed by atoms with Crippen LogP contribution in [0.1, 0.15) is 41.1 Å². The number of furan rings is 1. The second-order valence-electron chi connectivity index (χ2n) is 5.83. The van der Waals surface area contributed by atoms with Gasteiger partial charge in [-0.25, -0.2) is 4.79 Å². The predicted octanol–water partition coefficient (Wildman–Crippen LogP) is 5.06. The highest BCUT2D eigenvalue weighted by molar-refractivity contribution is 5.98. The Bertz CT molecular complexity index is 878. The van der Waals surface area contributed by atoms with Gasteiger partial charge in [-0.15, -0.1) is 0 Å². The van der Waals surface area contributed by atoms with E-state index in [2.05, 4.69) is 6.92 Å². The van der Waals surface area contributed by atoms with Crippen LogP contribution in [0, 0.1) is 6.92 Å². The second kappa shape index (κ2) is 7.43. The van der Waals surface area contributed by atoms with Crippen molar-refractivity contribution in [2.75, 3.05) is 6.61 Å². The maximum absolute atomic E-state index is 12.1. The van der Waals surface area contributed by atoms with Crippen molar-refractivity contribution in [3.05, 3.63) is 64.9 Å². The van der Waals surface area contributed by atoms with Gasteiger partial charge in [0.15, 0.2) is 0 Å². The zero-order chi connectivity index (χ0) is 17.8. The summed E-state index contributed by atoms with van der Waals surface area (Å²) in [7, 11) is 0. The quantitative estimate of drug-likeness (QED) is 0.590. The van der Waals surface area contributed by atoms with Crippen LogP contribution in [-0.4, -0.2) is 12.6 Å². The Hall–Kier alpha value is -2.75. The van der Waals surface area contributed by atoms with Crippen LogP contribution in [0.5, 0.6) is 5.75 Å². The molecular weight excluding hydrogens is 316 g/mol. The Kier molecular flexibility index (Phi) is 5.08. The Morgan fingerprint density at radius 1 is 1.08 bits per heavy atom. The third-order valence-corrected chi connectivity index (χ3v) is 4.20. The number of rotatable bonds is 6. The number of esters is 1. The third-order valence-electron chi connectivity index (χ3n) is 4.20. The third kappa shape index (κ3) is 3.38. The minimum Gasteiger partial charge on any atom is -0.488 e. The first-order valence-electron chi connectivity index (χ1n) is 8.54. The Morgan fingerprint density at radius 2 is 1.84 bits per heavy atom. The van der Waals surface area contributed by atoms with Crippen LogP contribution in [-0.2, 0) is 17.8 Å². The zero-order valence-corrected chi connectivity index (χ0v) is 14.8. The van der Waals surface area contributed by atoms with Crippen LogP contribution in [0.25, 0.3) is 11.0 Å². The molecule has 1 aromatic heterocycles. The van der Waals surface area contributed by atoms with Crippen molar-refractivity contribution in [1.82, 2.24) is 0 Å². The molecule has 0 unspecified atom stereocenters. The fraction of sp³-hybridized carbons (Fsp3) is 0.286. The summed E-state index contributed by atoms with van der Waals surface area (Å²) < 4.78 is 17.0. The molecule has 0 spiro atoms. The molecule has 0 aliphatic carbocycles. The summed E-state index contributed by atoms with van der Waals surface area (Å²) in [6.07, 6.45) is 0.833. The maximum atomic E-state index is 12.1. The number of benzene rings is 2. The molecule has 3 rings (SSSR count). The van der Waals surface area contributed by atoms with E-state index in [-0.39, 0.29) is 5.76 Å². The van der Waals surface area contributed by atoms with Gasteiger partial charge in [0.2, 0.25) is 5.76 Å². The summed E-state index contributed by atoms with van der Waals surface area (Å²) in [4.78, 5) is 12.1. The normalized spacial score (nSPS) is 10.8. The maximum Gasteiger partial charge on any atom is 0.374 e. The summed E-state index contributed by atoms with van der Waals surface area (Å²) in [5.74, 6) is 0.582. The number of carbonyl (C=O) groups excluding carboxylic acids is 1. The first kappa shape index (κ1) is 17.1. The average Bonchev–Trinajstić information content (AvgIpc) is 2.98. The van der Waals surface area contributed by atoms with Crippen molar-refractivity contribution < 1.29 is 18.7 Å². The van der Waals surface area contributed by atoms with Crippen LogP contribution in [0.2, 0.25) is 0 Å². The summed E-state index contributed by atoms with van der Waals surface area (Å²) in [5.41, 5.74) is 3.57. The van der Waals surface area contributed by atoms with E-state index >= 15 is 0 Å². The van der Waals surface area contributed by atoms with E-state index in [1.54, 1.807) is 6.92 Å². The van der Waals surface area contributed by atoms with Crippen molar-refractivity contribution in [3.63, 3.8) is 0 Å². The van der Waals surface area contributed by atoms with Gasteiger partial charge in [-0.05, 0) is 37.5 Å². The van der Waals surface area contributed by atoms with E-state index < -0.39 is 5.97 Å². The topological polar surface area (TPSA) is 48.7 Å². The molecule has 0 atom stereocenters. The van der Waals surface area contributed by atoms with Gasteiger partial charge < -0.3 is 13.9 Å². The molecule has 0 aliphatic heterocycles. The van der Waals surface area contributed by atoms with Crippen LogP contribution in [0.15, 0.2) is 46.9 Å². The summed E-state index contributed by atoms with van der Waals surface area (Å²) >= 11 is 0. The number of aryl methyl sites for hydroxylation is 2. The molecule has 2 aromatic carbocycles. The van der Waals surface area contributed by atoms with Gasteiger partial charge in [-0.2, -0.15) is 0 Å². The smallest absolute Gasteiger partial charge is 0.374 e. The Labute approximate surface area is 147 Å². The van der Waals surface area contributed by atoms with Crippen LogP contribution < -0.4 is 4.74 Å². The lowest BCUT2D eigenvalue weighted by Crippen LogP contribution is -2.04. The molecule has 4 nitrogen and oxygen atoms in total. The van der Waals surface area contributed by atoms with Crippen LogP contribution >= 0.6 is 0 Å². The molecule has 0 amide bonds. The van der Waals surface area contributed by atoms with Crippen molar-refractivity contribution in [3.8, 4) is 5.75 Å². The first-order valence-corrected chi connectivity index (χ1v) is 8.54. The number of fused-ring (bicyclic) bond motifs is 1. The van der Waals surface area contributed by atoms with Gasteiger partial charge >= 0.3 is 5.97 Å². The lowest BCUT2D eigenvalue weighted by Gasteiger charge is -2.12. The minimum absolute atomic E-state index is 0.245. The van der Waals surface area contributed by atoms with Gasteiger partial charge in [0, 0.05) is 5.56 Å². The summed E-state index contributed by atoms with van der Waals surface area (Å²) in [6.45, 7) is 6.50. The van der Waals surface area contributed by atoms with E-state index in [9.17, 15) is 4.79 Å². The van der Waals surface area contributed by atoms with Crippen LogP contribution in [0.4, 0.5) is 0 Å². The van der Waals surface area contributed by atoms with Crippen LogP contribution in [0.3, 0.4) is 0 Å². The van der Waals surface area contributed by atoms with Gasteiger partial charge in [0.1, 0.15) is 17.9 Å². The van der Waals surface area contributed by atoms with Gasteiger partial charge in [0.05, 0.1) is 12.0 Å². The van der Waals surface area contributed by atoms with E-state index in [1.165, 1.54) is 0 Å². The molecule has 0 saturated carbocycles. The van der Waals surface area contributed by atoms with E-state index in [0.717, 1.165) is 34.2 Å². The van der Waals surface area contributed by atoms with Crippen molar-refractivity contribution in [2.24, 2.45) is 0 Å². The molecule has 3 aromatic rings. The largest absolute Gasteiger partial charge is 0.488 e. The van der Waals surface area contributed by atoms with E-state index in [1.807, 2.05) is 49.4 Å². The molecule has 4 heteroatoms. The molecule has 130 valence electrons. The number of ether oxygens (including phenoxy) is 2. The number of hydrogen-bond acceptors (Lipinski definition) is 4. The minimum atomic E-state index is -0.441. The monoisotopic (exact) mass is 338 g/mol. The highest BCUT2D eigenvalue weighted by Crippen LogP contribution is 2.37. The molecular formula is C21H22O4. The Balaban J connectivity index is 2.03. The molecule has 0 saturated heterocycles. The Morgan fingerprint density at radius 3 is 2.52 bits per heavy atom. The van der Waals surface area contributed by atoms with Gasteiger partial charge in [-0.3, -0.25) is 0 Å². The fourth-order valence-electron chi connectivity index (χ4n) is 2.91. The molecule has 0 N–H and O–H groups in total. The zero-order valence-electron chi connectivity index (χ0n) is 14.8. The highest BCUT2D eigenvalue weighted by atomic mass is 16.5. The lowest BCUT2D eigenvalue weighted by atomic mass is 10.0. The summed E-state index contributed by atoms with van der Waals surface area (Å²) in [6, 6.07) is 13.9. The van der Waals surface area contributed by atoms with E-state index in [4.69, 9.17) is 13.9 Å². The molecule has 0 aliphatic rings.